The Hall–Kier alpha value is -3.41. The monoisotopic (exact) mass is 612 g/mol. The van der Waals surface area contributed by atoms with Crippen LogP contribution in [0.1, 0.15) is 23.7 Å². The molecular formula is C29H34BrFN6O3. The standard InChI is InChI=1S/C29H34BrFN6O3/c1-18-14-20(37-12-10-36(11-13-37)9-3-7-31)16-23-27(18)35-28(34-23)26-22(6-8-32-29(26)39)33-17-24(38)19-4-5-25(40-2)21(30)15-19/h4-6,8,14-16,24,38H,3,7,9-13,17H2,1-2H3,(H,34,35)(H2,32,33,39)/t24-/m1/s1. The molecule has 0 unspecified atom stereocenters. The van der Waals surface area contributed by atoms with Crippen molar-refractivity contribution < 1.29 is 14.2 Å². The van der Waals surface area contributed by atoms with Gasteiger partial charge in [0.2, 0.25) is 0 Å². The van der Waals surface area contributed by atoms with Gasteiger partial charge in [0.15, 0.2) is 0 Å². The number of imidazole rings is 1. The molecule has 0 radical (unpaired) electrons. The number of benzene rings is 2. The van der Waals surface area contributed by atoms with Gasteiger partial charge in [-0.1, -0.05) is 6.07 Å². The predicted molar refractivity (Wildman–Crippen MR) is 160 cm³/mol. The second kappa shape index (κ2) is 12.4. The van der Waals surface area contributed by atoms with E-state index in [-0.39, 0.29) is 18.8 Å². The molecule has 0 amide bonds. The number of halogens is 2. The van der Waals surface area contributed by atoms with Crippen LogP contribution in [0, 0.1) is 6.92 Å². The van der Waals surface area contributed by atoms with Crippen LogP contribution >= 0.6 is 15.9 Å². The highest BCUT2D eigenvalue weighted by Crippen LogP contribution is 2.31. The van der Waals surface area contributed by atoms with Crippen molar-refractivity contribution in [3.05, 3.63) is 68.5 Å². The largest absolute Gasteiger partial charge is 0.496 e. The highest BCUT2D eigenvalue weighted by molar-refractivity contribution is 9.10. The summed E-state index contributed by atoms with van der Waals surface area (Å²) in [5.74, 6) is 1.14. The Balaban J connectivity index is 1.36. The number of methoxy groups -OCH3 is 1. The van der Waals surface area contributed by atoms with Crippen LogP contribution < -0.4 is 20.5 Å². The first kappa shape index (κ1) is 28.1. The number of anilines is 2. The van der Waals surface area contributed by atoms with Crippen LogP contribution in [0.25, 0.3) is 22.4 Å². The number of aromatic nitrogens is 3. The van der Waals surface area contributed by atoms with Gasteiger partial charge >= 0.3 is 0 Å². The zero-order chi connectivity index (χ0) is 28.2. The molecule has 3 heterocycles. The zero-order valence-corrected chi connectivity index (χ0v) is 24.2. The van der Waals surface area contributed by atoms with E-state index in [2.05, 4.69) is 53.1 Å². The van der Waals surface area contributed by atoms with Gasteiger partial charge in [-0.05, 0) is 70.7 Å². The van der Waals surface area contributed by atoms with Crippen molar-refractivity contribution >= 4 is 38.3 Å². The average Bonchev–Trinajstić information content (AvgIpc) is 3.39. The number of nitrogens with zero attached hydrogens (tertiary/aromatic N) is 3. The van der Waals surface area contributed by atoms with Crippen molar-refractivity contribution in [3.8, 4) is 17.1 Å². The maximum absolute atomic E-state index is 13.0. The van der Waals surface area contributed by atoms with Crippen LogP contribution in [0.3, 0.4) is 0 Å². The van der Waals surface area contributed by atoms with Gasteiger partial charge in [0.25, 0.3) is 5.56 Å². The van der Waals surface area contributed by atoms with Gasteiger partial charge in [0.05, 0.1) is 41.1 Å². The molecule has 4 N–H and O–H groups in total. The molecule has 1 saturated heterocycles. The van der Waals surface area contributed by atoms with Crippen LogP contribution in [0.2, 0.25) is 0 Å². The molecule has 0 spiro atoms. The van der Waals surface area contributed by atoms with E-state index in [1.807, 2.05) is 13.0 Å². The number of aromatic amines is 2. The molecule has 2 aromatic carbocycles. The van der Waals surface area contributed by atoms with Crippen LogP contribution in [-0.4, -0.2) is 78.0 Å². The van der Waals surface area contributed by atoms with Crippen molar-refractivity contribution in [2.45, 2.75) is 19.4 Å². The number of fused-ring (bicyclic) bond motifs is 1. The lowest BCUT2D eigenvalue weighted by atomic mass is 10.1. The Morgan fingerprint density at radius 1 is 1.20 bits per heavy atom. The van der Waals surface area contributed by atoms with E-state index in [1.54, 1.807) is 31.5 Å². The summed E-state index contributed by atoms with van der Waals surface area (Å²) in [6.45, 7) is 6.28. The third-order valence-electron chi connectivity index (χ3n) is 7.35. The Labute approximate surface area is 240 Å². The number of pyridine rings is 1. The normalized spacial score (nSPS) is 15.0. The summed E-state index contributed by atoms with van der Waals surface area (Å²) in [5, 5.41) is 14.0. The third-order valence-corrected chi connectivity index (χ3v) is 7.97. The lowest BCUT2D eigenvalue weighted by molar-refractivity contribution is 0.191. The number of aryl methyl sites for hydroxylation is 1. The molecule has 1 aliphatic heterocycles. The summed E-state index contributed by atoms with van der Waals surface area (Å²) >= 11 is 3.46. The van der Waals surface area contributed by atoms with E-state index in [4.69, 9.17) is 9.72 Å². The van der Waals surface area contributed by atoms with Gasteiger partial charge in [-0.15, -0.1) is 0 Å². The van der Waals surface area contributed by atoms with Gasteiger partial charge in [-0.2, -0.15) is 0 Å². The molecule has 2 aromatic heterocycles. The highest BCUT2D eigenvalue weighted by atomic mass is 79.9. The second-order valence-corrected chi connectivity index (χ2v) is 10.9. The van der Waals surface area contributed by atoms with Crippen LogP contribution in [0.5, 0.6) is 5.75 Å². The van der Waals surface area contributed by atoms with E-state index >= 15 is 0 Å². The summed E-state index contributed by atoms with van der Waals surface area (Å²) in [6, 6.07) is 11.4. The minimum atomic E-state index is -0.813. The molecule has 11 heteroatoms. The molecule has 40 heavy (non-hydrogen) atoms. The Bertz CT molecular complexity index is 1530. The minimum absolute atomic E-state index is 0.190. The lowest BCUT2D eigenvalue weighted by Crippen LogP contribution is -2.46. The fourth-order valence-electron chi connectivity index (χ4n) is 5.16. The third kappa shape index (κ3) is 6.01. The van der Waals surface area contributed by atoms with E-state index in [1.165, 1.54) is 0 Å². The van der Waals surface area contributed by atoms with Gasteiger partial charge in [-0.3, -0.25) is 14.1 Å². The second-order valence-electron chi connectivity index (χ2n) is 10.0. The van der Waals surface area contributed by atoms with Crippen LogP contribution in [0.15, 0.2) is 51.9 Å². The predicted octanol–water partition coefficient (Wildman–Crippen LogP) is 4.62. The number of aliphatic hydroxyl groups excluding tert-OH is 1. The van der Waals surface area contributed by atoms with Crippen molar-refractivity contribution in [3.63, 3.8) is 0 Å². The number of hydrogen-bond donors (Lipinski definition) is 4. The molecule has 0 bridgehead atoms. The summed E-state index contributed by atoms with van der Waals surface area (Å²) in [7, 11) is 1.59. The Morgan fingerprint density at radius 3 is 2.73 bits per heavy atom. The fourth-order valence-corrected chi connectivity index (χ4v) is 5.72. The Kier molecular flexibility index (Phi) is 8.72. The molecule has 1 aliphatic rings. The minimum Gasteiger partial charge on any atom is -0.496 e. The van der Waals surface area contributed by atoms with Crippen molar-refractivity contribution in [2.24, 2.45) is 0 Å². The summed E-state index contributed by atoms with van der Waals surface area (Å²) < 4.78 is 18.6. The lowest BCUT2D eigenvalue weighted by Gasteiger charge is -2.36. The molecule has 0 saturated carbocycles. The fraction of sp³-hybridized carbons (Fsp3) is 0.379. The molecule has 0 aliphatic carbocycles. The van der Waals surface area contributed by atoms with E-state index in [0.717, 1.165) is 59.5 Å². The van der Waals surface area contributed by atoms with Gasteiger partial charge in [-0.25, -0.2) is 4.98 Å². The van der Waals surface area contributed by atoms with Gasteiger partial charge < -0.3 is 30.0 Å². The SMILES string of the molecule is COc1ccc([C@H](O)CNc2cc[nH]c(=O)c2-c2nc3c(C)cc(N4CCN(CCCF)CC4)cc3[nH]2)cc1Br. The first-order valence-corrected chi connectivity index (χ1v) is 14.2. The molecular weight excluding hydrogens is 579 g/mol. The molecule has 5 rings (SSSR count). The first-order chi connectivity index (χ1) is 19.4. The van der Waals surface area contributed by atoms with E-state index in [0.29, 0.717) is 34.8 Å². The molecule has 9 nitrogen and oxygen atoms in total. The van der Waals surface area contributed by atoms with Gasteiger partial charge in [0, 0.05) is 51.2 Å². The number of rotatable bonds is 10. The summed E-state index contributed by atoms with van der Waals surface area (Å²) in [5.41, 5.74) is 5.13. The molecule has 1 fully saturated rings. The van der Waals surface area contributed by atoms with Crippen LogP contribution in [0.4, 0.5) is 15.8 Å². The molecule has 1 atom stereocenters. The number of aliphatic hydroxyl groups is 1. The molecule has 212 valence electrons. The van der Waals surface area contributed by atoms with Crippen molar-refractivity contribution in [2.75, 3.05) is 63.3 Å². The number of nitrogens with one attached hydrogen (secondary N) is 3. The van der Waals surface area contributed by atoms with E-state index in [9.17, 15) is 14.3 Å². The number of alkyl halides is 1. The maximum Gasteiger partial charge on any atom is 0.261 e. The van der Waals surface area contributed by atoms with Gasteiger partial charge in [0.1, 0.15) is 17.1 Å². The Morgan fingerprint density at radius 2 is 2.00 bits per heavy atom. The molecule has 4 aromatic rings. The van der Waals surface area contributed by atoms with Crippen LogP contribution in [-0.2, 0) is 0 Å². The average molecular weight is 614 g/mol. The number of hydrogen-bond acceptors (Lipinski definition) is 7. The quantitative estimate of drug-likeness (QED) is 0.207. The number of ether oxygens (including phenoxy) is 1. The summed E-state index contributed by atoms with van der Waals surface area (Å²) in [4.78, 5) is 28.5. The highest BCUT2D eigenvalue weighted by Gasteiger charge is 2.20. The number of H-pyrrole nitrogens is 2. The maximum atomic E-state index is 13.0. The van der Waals surface area contributed by atoms with Crippen molar-refractivity contribution in [1.82, 2.24) is 19.9 Å². The van der Waals surface area contributed by atoms with Crippen molar-refractivity contribution in [1.29, 1.82) is 0 Å². The topological polar surface area (TPSA) is 110 Å². The summed E-state index contributed by atoms with van der Waals surface area (Å²) in [6.07, 6.45) is 1.34. The van der Waals surface area contributed by atoms with E-state index < -0.39 is 6.10 Å². The smallest absolute Gasteiger partial charge is 0.261 e. The first-order valence-electron chi connectivity index (χ1n) is 13.4. The zero-order valence-electron chi connectivity index (χ0n) is 22.6. The number of piperazine rings is 1.